The van der Waals surface area contributed by atoms with Crippen LogP contribution in [0.4, 0.5) is 0 Å². The maximum atomic E-state index is 12.8. The van der Waals surface area contributed by atoms with Gasteiger partial charge in [-0.2, -0.15) is 0 Å². The lowest BCUT2D eigenvalue weighted by molar-refractivity contribution is 0.0535. The van der Waals surface area contributed by atoms with Crippen LogP contribution in [0.2, 0.25) is 0 Å². The molecule has 1 heterocycles. The summed E-state index contributed by atoms with van der Waals surface area (Å²) in [6.07, 6.45) is 0.531. The molecule has 0 bridgehead atoms. The van der Waals surface area contributed by atoms with Crippen LogP contribution in [-0.4, -0.2) is 43.2 Å². The Hall–Kier alpha value is -3.29. The van der Waals surface area contributed by atoms with Crippen molar-refractivity contribution in [3.8, 4) is 28.6 Å². The van der Waals surface area contributed by atoms with Crippen LogP contribution < -0.4 is 19.6 Å². The van der Waals surface area contributed by atoms with E-state index in [-0.39, 0.29) is 35.4 Å². The Morgan fingerprint density at radius 3 is 2.55 bits per heavy atom. The van der Waals surface area contributed by atoms with Gasteiger partial charge in [-0.3, -0.25) is 4.79 Å². The molecule has 0 radical (unpaired) electrons. The molecule has 2 N–H and O–H groups in total. The molecule has 0 aliphatic rings. The van der Waals surface area contributed by atoms with Crippen molar-refractivity contribution in [3.05, 3.63) is 65.3 Å². The Kier molecular flexibility index (Phi) is 6.54. The predicted molar refractivity (Wildman–Crippen MR) is 109 cm³/mol. The average Bonchev–Trinajstić information content (AvgIpc) is 2.75. The van der Waals surface area contributed by atoms with E-state index in [1.807, 2.05) is 0 Å². The van der Waals surface area contributed by atoms with Gasteiger partial charge in [-0.25, -0.2) is 0 Å². The summed E-state index contributed by atoms with van der Waals surface area (Å²) >= 11 is 0. The van der Waals surface area contributed by atoms with Crippen LogP contribution in [0, 0.1) is 0 Å². The molecule has 1 unspecified atom stereocenters. The molecule has 152 valence electrons. The molecule has 0 fully saturated rings. The van der Waals surface area contributed by atoms with Gasteiger partial charge >= 0.3 is 0 Å². The van der Waals surface area contributed by atoms with Gasteiger partial charge in [-0.1, -0.05) is 12.7 Å². The minimum atomic E-state index is -1.03. The van der Waals surface area contributed by atoms with Crippen molar-refractivity contribution in [1.29, 1.82) is 0 Å². The van der Waals surface area contributed by atoms with Gasteiger partial charge < -0.3 is 28.8 Å². The third-order valence-electron chi connectivity index (χ3n) is 4.15. The second kappa shape index (κ2) is 9.27. The summed E-state index contributed by atoms with van der Waals surface area (Å²) in [5, 5.41) is 18.8. The number of ether oxygens (including phenoxy) is 3. The van der Waals surface area contributed by atoms with Gasteiger partial charge in [-0.15, -0.1) is 0 Å². The van der Waals surface area contributed by atoms with Gasteiger partial charge in [0.25, 0.3) is 0 Å². The number of fused-ring (bicyclic) bond motifs is 1. The first-order valence-electron chi connectivity index (χ1n) is 8.97. The number of methoxy groups -OCH3 is 1. The highest BCUT2D eigenvalue weighted by Crippen LogP contribution is 2.32. The lowest BCUT2D eigenvalue weighted by Gasteiger charge is -2.13. The molecule has 29 heavy (non-hydrogen) atoms. The largest absolute Gasteiger partial charge is 0.497 e. The van der Waals surface area contributed by atoms with Crippen LogP contribution in [0.25, 0.3) is 22.3 Å². The molecule has 2 aromatic carbocycles. The Morgan fingerprint density at radius 1 is 1.14 bits per heavy atom. The van der Waals surface area contributed by atoms with Crippen molar-refractivity contribution in [2.45, 2.75) is 6.10 Å². The second-order valence-corrected chi connectivity index (χ2v) is 6.25. The first-order chi connectivity index (χ1) is 14.0. The number of aliphatic hydroxyl groups excluding tert-OH is 2. The fraction of sp³-hybridized carbons (Fsp3) is 0.227. The summed E-state index contributed by atoms with van der Waals surface area (Å²) in [6, 6.07) is 11.6. The van der Waals surface area contributed by atoms with Crippen molar-refractivity contribution in [1.82, 2.24) is 0 Å². The zero-order valence-electron chi connectivity index (χ0n) is 16.0. The second-order valence-electron chi connectivity index (χ2n) is 6.25. The van der Waals surface area contributed by atoms with Gasteiger partial charge in [0.15, 0.2) is 5.43 Å². The summed E-state index contributed by atoms with van der Waals surface area (Å²) in [7, 11) is 1.57. The Bertz CT molecular complexity index is 1040. The van der Waals surface area contributed by atoms with Crippen LogP contribution in [0.15, 0.2) is 64.3 Å². The first-order valence-corrected chi connectivity index (χ1v) is 8.97. The number of benzene rings is 2. The molecule has 0 saturated heterocycles. The van der Waals surface area contributed by atoms with E-state index in [1.165, 1.54) is 6.07 Å². The number of hydrogen-bond donors (Lipinski definition) is 2. The van der Waals surface area contributed by atoms with Crippen LogP contribution in [0.5, 0.6) is 17.2 Å². The highest BCUT2D eigenvalue weighted by molar-refractivity contribution is 5.86. The lowest BCUT2D eigenvalue weighted by atomic mass is 10.1. The molecule has 1 atom stereocenters. The maximum Gasteiger partial charge on any atom is 0.197 e. The SMILES string of the molecule is C=CCOc1cc(OCC(O)CO)cc2oc(-c3ccc(OC)cc3)cc(=O)c12. The third-order valence-corrected chi connectivity index (χ3v) is 4.15. The summed E-state index contributed by atoms with van der Waals surface area (Å²) in [5.74, 6) is 1.69. The topological polar surface area (TPSA) is 98.4 Å². The van der Waals surface area contributed by atoms with Crippen LogP contribution in [0.3, 0.4) is 0 Å². The van der Waals surface area contributed by atoms with Gasteiger partial charge in [0, 0.05) is 23.8 Å². The Morgan fingerprint density at radius 2 is 1.90 bits per heavy atom. The zero-order valence-corrected chi connectivity index (χ0v) is 16.0. The van der Waals surface area contributed by atoms with Crippen molar-refractivity contribution in [2.75, 3.05) is 26.9 Å². The average molecular weight is 398 g/mol. The highest BCUT2D eigenvalue weighted by atomic mass is 16.5. The summed E-state index contributed by atoms with van der Waals surface area (Å²) in [4.78, 5) is 12.8. The predicted octanol–water partition coefficient (Wildman–Crippen LogP) is 2.77. The van der Waals surface area contributed by atoms with E-state index in [9.17, 15) is 9.90 Å². The number of hydrogen-bond acceptors (Lipinski definition) is 7. The fourth-order valence-corrected chi connectivity index (χ4v) is 2.72. The van der Waals surface area contributed by atoms with Crippen LogP contribution in [0.1, 0.15) is 0 Å². The quantitative estimate of drug-likeness (QED) is 0.535. The third kappa shape index (κ3) is 4.77. The maximum absolute atomic E-state index is 12.8. The minimum absolute atomic E-state index is 0.120. The molecular weight excluding hydrogens is 376 g/mol. The van der Waals surface area contributed by atoms with Crippen molar-refractivity contribution in [2.24, 2.45) is 0 Å². The molecule has 0 amide bonds. The standard InChI is InChI=1S/C22H22O7/c1-3-8-27-20-9-17(28-13-15(24)12-23)10-21-22(20)18(25)11-19(29-21)14-4-6-16(26-2)7-5-14/h3-7,9-11,15,23-24H,1,8,12-13H2,2H3. The van der Waals surface area contributed by atoms with Crippen LogP contribution in [-0.2, 0) is 0 Å². The fourth-order valence-electron chi connectivity index (χ4n) is 2.72. The van der Waals surface area contributed by atoms with Crippen molar-refractivity contribution < 1.29 is 28.8 Å². The van der Waals surface area contributed by atoms with E-state index < -0.39 is 12.7 Å². The van der Waals surface area contributed by atoms with Gasteiger partial charge in [0.2, 0.25) is 0 Å². The van der Waals surface area contributed by atoms with Gasteiger partial charge in [0.1, 0.15) is 53.3 Å². The minimum Gasteiger partial charge on any atom is -0.497 e. The van der Waals surface area contributed by atoms with Crippen molar-refractivity contribution >= 4 is 11.0 Å². The summed E-state index contributed by atoms with van der Waals surface area (Å²) < 4.78 is 22.2. The Labute approximate surface area is 167 Å². The van der Waals surface area contributed by atoms with Gasteiger partial charge in [0.05, 0.1) is 13.7 Å². The van der Waals surface area contributed by atoms with E-state index in [1.54, 1.807) is 49.6 Å². The van der Waals surface area contributed by atoms with E-state index >= 15 is 0 Å². The highest BCUT2D eigenvalue weighted by Gasteiger charge is 2.15. The normalized spacial score (nSPS) is 11.8. The summed E-state index contributed by atoms with van der Waals surface area (Å²) in [6.45, 7) is 3.26. The molecule has 0 saturated carbocycles. The zero-order chi connectivity index (χ0) is 20.8. The van der Waals surface area contributed by atoms with E-state index in [4.69, 9.17) is 23.7 Å². The molecule has 1 aromatic heterocycles. The number of rotatable bonds is 9. The molecule has 0 spiro atoms. The molecule has 0 aliphatic heterocycles. The van der Waals surface area contributed by atoms with Crippen LogP contribution >= 0.6 is 0 Å². The Balaban J connectivity index is 2.08. The molecule has 7 nitrogen and oxygen atoms in total. The molecule has 3 aromatic rings. The molecule has 3 rings (SSSR count). The summed E-state index contributed by atoms with van der Waals surface area (Å²) in [5.41, 5.74) is 0.719. The van der Waals surface area contributed by atoms with Gasteiger partial charge in [-0.05, 0) is 24.3 Å². The van der Waals surface area contributed by atoms with Crippen molar-refractivity contribution in [3.63, 3.8) is 0 Å². The monoisotopic (exact) mass is 398 g/mol. The first kappa shape index (κ1) is 20.4. The lowest BCUT2D eigenvalue weighted by Crippen LogP contribution is -2.21. The number of aliphatic hydroxyl groups is 2. The molecule has 7 heteroatoms. The van der Waals surface area contributed by atoms with E-state index in [0.717, 1.165) is 0 Å². The smallest absolute Gasteiger partial charge is 0.197 e. The molecular formula is C22H22O7. The molecule has 0 aliphatic carbocycles. The van der Waals surface area contributed by atoms with E-state index in [0.29, 0.717) is 22.8 Å². The van der Waals surface area contributed by atoms with E-state index in [2.05, 4.69) is 6.58 Å².